The number of benzene rings is 1. The third-order valence-electron chi connectivity index (χ3n) is 2.94. The zero-order chi connectivity index (χ0) is 17.2. The van der Waals surface area contributed by atoms with Crippen molar-refractivity contribution < 1.29 is 22.2 Å². The standard InChI is InChI=1S/C15H16N2O5S/c1-16(2)14(18)11-8-12(15(19)22-23(3,20)21)10-13(9-11)17-6-4-5-7-17/h4-10H,1-3H3. The minimum Gasteiger partial charge on any atom is -0.345 e. The SMILES string of the molecule is CN(C)C(=O)c1cc(C(=O)OS(C)(=O)=O)cc(-n2cccc2)c1. The van der Waals surface area contributed by atoms with E-state index in [0.29, 0.717) is 5.69 Å². The van der Waals surface area contributed by atoms with E-state index in [1.807, 2.05) is 0 Å². The molecule has 0 spiro atoms. The Morgan fingerprint density at radius 1 is 1.04 bits per heavy atom. The molecule has 2 aromatic rings. The second-order valence-corrected chi connectivity index (χ2v) is 6.71. The van der Waals surface area contributed by atoms with E-state index in [1.54, 1.807) is 49.3 Å². The summed E-state index contributed by atoms with van der Waals surface area (Å²) < 4.78 is 28.4. The molecular formula is C15H16N2O5S. The lowest BCUT2D eigenvalue weighted by Gasteiger charge is -2.13. The van der Waals surface area contributed by atoms with Gasteiger partial charge in [-0.05, 0) is 30.3 Å². The van der Waals surface area contributed by atoms with Gasteiger partial charge in [0.2, 0.25) is 0 Å². The molecule has 0 N–H and O–H groups in total. The summed E-state index contributed by atoms with van der Waals surface area (Å²) in [6.07, 6.45) is 4.27. The first-order valence-corrected chi connectivity index (χ1v) is 8.43. The third kappa shape index (κ3) is 4.19. The minimum atomic E-state index is -3.94. The van der Waals surface area contributed by atoms with E-state index < -0.39 is 16.1 Å². The summed E-state index contributed by atoms with van der Waals surface area (Å²) in [5, 5.41) is 0. The van der Waals surface area contributed by atoms with Gasteiger partial charge >= 0.3 is 16.1 Å². The minimum absolute atomic E-state index is 0.0215. The highest BCUT2D eigenvalue weighted by Crippen LogP contribution is 2.17. The van der Waals surface area contributed by atoms with E-state index in [9.17, 15) is 18.0 Å². The Hall–Kier alpha value is -2.61. The predicted molar refractivity (Wildman–Crippen MR) is 84.0 cm³/mol. The van der Waals surface area contributed by atoms with Crippen molar-refractivity contribution in [2.24, 2.45) is 0 Å². The van der Waals surface area contributed by atoms with Crippen molar-refractivity contribution in [2.75, 3.05) is 20.4 Å². The highest BCUT2D eigenvalue weighted by Gasteiger charge is 2.18. The first-order chi connectivity index (χ1) is 10.7. The molecule has 0 aliphatic carbocycles. The quantitative estimate of drug-likeness (QED) is 0.786. The van der Waals surface area contributed by atoms with Gasteiger partial charge in [0.25, 0.3) is 5.91 Å². The molecule has 0 saturated carbocycles. The Balaban J connectivity index is 2.53. The van der Waals surface area contributed by atoms with Gasteiger partial charge < -0.3 is 13.7 Å². The molecule has 23 heavy (non-hydrogen) atoms. The van der Waals surface area contributed by atoms with Gasteiger partial charge in [-0.25, -0.2) is 4.79 Å². The van der Waals surface area contributed by atoms with Crippen molar-refractivity contribution >= 4 is 22.0 Å². The monoisotopic (exact) mass is 336 g/mol. The van der Waals surface area contributed by atoms with Crippen LogP contribution in [-0.2, 0) is 14.3 Å². The normalized spacial score (nSPS) is 11.1. The van der Waals surface area contributed by atoms with Gasteiger partial charge in [-0.15, -0.1) is 0 Å². The van der Waals surface area contributed by atoms with Crippen LogP contribution in [0.1, 0.15) is 20.7 Å². The summed E-state index contributed by atoms with van der Waals surface area (Å²) in [5.41, 5.74) is 0.775. The van der Waals surface area contributed by atoms with Crippen LogP contribution in [0.3, 0.4) is 0 Å². The molecule has 7 nitrogen and oxygen atoms in total. The molecule has 1 aromatic heterocycles. The second-order valence-electron chi connectivity index (χ2n) is 5.13. The third-order valence-corrected chi connectivity index (χ3v) is 3.39. The Labute approximate surface area is 134 Å². The van der Waals surface area contributed by atoms with Crippen molar-refractivity contribution in [2.45, 2.75) is 0 Å². The number of hydrogen-bond acceptors (Lipinski definition) is 5. The van der Waals surface area contributed by atoms with Gasteiger partial charge in [-0.2, -0.15) is 8.42 Å². The predicted octanol–water partition coefficient (Wildman–Crippen LogP) is 1.30. The van der Waals surface area contributed by atoms with E-state index in [4.69, 9.17) is 0 Å². The summed E-state index contributed by atoms with van der Waals surface area (Å²) in [4.78, 5) is 25.5. The van der Waals surface area contributed by atoms with Gasteiger partial charge in [0.05, 0.1) is 11.8 Å². The highest BCUT2D eigenvalue weighted by atomic mass is 32.2. The molecule has 0 fully saturated rings. The average molecular weight is 336 g/mol. The molecule has 0 unspecified atom stereocenters. The molecular weight excluding hydrogens is 320 g/mol. The van der Waals surface area contributed by atoms with Crippen molar-refractivity contribution in [3.8, 4) is 5.69 Å². The summed E-state index contributed by atoms with van der Waals surface area (Å²) in [5.74, 6) is -1.35. The van der Waals surface area contributed by atoms with E-state index >= 15 is 0 Å². The van der Waals surface area contributed by atoms with Crippen LogP contribution in [0.15, 0.2) is 42.7 Å². The Bertz CT molecular complexity index is 839. The highest BCUT2D eigenvalue weighted by molar-refractivity contribution is 7.86. The fraction of sp³-hybridized carbons (Fsp3) is 0.200. The fourth-order valence-corrected chi connectivity index (χ4v) is 2.32. The molecule has 8 heteroatoms. The van der Waals surface area contributed by atoms with Crippen molar-refractivity contribution in [1.29, 1.82) is 0 Å². The number of amides is 1. The van der Waals surface area contributed by atoms with Crippen molar-refractivity contribution in [3.63, 3.8) is 0 Å². The molecule has 0 aliphatic heterocycles. The lowest BCUT2D eigenvalue weighted by atomic mass is 10.1. The van der Waals surface area contributed by atoms with Crippen LogP contribution < -0.4 is 0 Å². The van der Waals surface area contributed by atoms with Crippen LogP contribution in [0.2, 0.25) is 0 Å². The number of nitrogens with zero attached hydrogens (tertiary/aromatic N) is 2. The van der Waals surface area contributed by atoms with Gasteiger partial charge in [0.1, 0.15) is 0 Å². The number of carbonyl (C=O) groups is 2. The van der Waals surface area contributed by atoms with Crippen molar-refractivity contribution in [3.05, 3.63) is 53.9 Å². The van der Waals surface area contributed by atoms with E-state index in [-0.39, 0.29) is 17.0 Å². The van der Waals surface area contributed by atoms with E-state index in [1.165, 1.54) is 17.0 Å². The largest absolute Gasteiger partial charge is 0.353 e. The van der Waals surface area contributed by atoms with Crippen LogP contribution in [0, 0.1) is 0 Å². The first-order valence-electron chi connectivity index (χ1n) is 6.61. The average Bonchev–Trinajstić information content (AvgIpc) is 2.98. The van der Waals surface area contributed by atoms with Gasteiger partial charge in [0, 0.05) is 37.7 Å². The van der Waals surface area contributed by atoms with Crippen LogP contribution in [-0.4, -0.2) is 50.1 Å². The molecule has 0 radical (unpaired) electrons. The Morgan fingerprint density at radius 2 is 1.61 bits per heavy atom. The van der Waals surface area contributed by atoms with Crippen LogP contribution in [0.25, 0.3) is 5.69 Å². The summed E-state index contributed by atoms with van der Waals surface area (Å²) in [6.45, 7) is 0. The maximum Gasteiger partial charge on any atom is 0.353 e. The van der Waals surface area contributed by atoms with Gasteiger partial charge in [-0.3, -0.25) is 4.79 Å². The lowest BCUT2D eigenvalue weighted by Crippen LogP contribution is -2.22. The summed E-state index contributed by atoms with van der Waals surface area (Å²) in [6, 6.07) is 7.95. The van der Waals surface area contributed by atoms with Crippen LogP contribution >= 0.6 is 0 Å². The van der Waals surface area contributed by atoms with E-state index in [0.717, 1.165) is 6.26 Å². The maximum atomic E-state index is 12.2. The summed E-state index contributed by atoms with van der Waals surface area (Å²) in [7, 11) is -0.774. The van der Waals surface area contributed by atoms with E-state index in [2.05, 4.69) is 4.18 Å². The smallest absolute Gasteiger partial charge is 0.345 e. The number of aromatic nitrogens is 1. The van der Waals surface area contributed by atoms with Gasteiger partial charge in [-0.1, -0.05) is 0 Å². The topological polar surface area (TPSA) is 85.7 Å². The summed E-state index contributed by atoms with van der Waals surface area (Å²) >= 11 is 0. The molecule has 0 bridgehead atoms. The van der Waals surface area contributed by atoms with Gasteiger partial charge in [0.15, 0.2) is 0 Å². The Morgan fingerprint density at radius 3 is 2.13 bits per heavy atom. The maximum absolute atomic E-state index is 12.2. The Kier molecular flexibility index (Phi) is 4.55. The van der Waals surface area contributed by atoms with Crippen LogP contribution in [0.5, 0.6) is 0 Å². The zero-order valence-corrected chi connectivity index (χ0v) is 13.7. The molecule has 1 amide bonds. The molecule has 0 atom stereocenters. The molecule has 122 valence electrons. The number of carbonyl (C=O) groups excluding carboxylic acids is 2. The zero-order valence-electron chi connectivity index (χ0n) is 12.9. The number of rotatable bonds is 4. The first kappa shape index (κ1) is 16.8. The molecule has 0 saturated heterocycles. The number of hydrogen-bond donors (Lipinski definition) is 0. The molecule has 1 aromatic carbocycles. The molecule has 1 heterocycles. The second kappa shape index (κ2) is 6.25. The molecule has 2 rings (SSSR count). The van der Waals surface area contributed by atoms with Crippen LogP contribution in [0.4, 0.5) is 0 Å². The molecule has 0 aliphatic rings. The fourth-order valence-electron chi connectivity index (χ4n) is 1.95. The van der Waals surface area contributed by atoms with Crippen molar-refractivity contribution in [1.82, 2.24) is 9.47 Å². The lowest BCUT2D eigenvalue weighted by molar-refractivity contribution is 0.0748.